The summed E-state index contributed by atoms with van der Waals surface area (Å²) < 4.78 is 6.07. The molecule has 1 aromatic heterocycles. The summed E-state index contributed by atoms with van der Waals surface area (Å²) in [5, 5.41) is 12.0. The Kier molecular flexibility index (Phi) is 3.32. The monoisotopic (exact) mass is 221 g/mol. The molecule has 0 N–H and O–H groups in total. The zero-order chi connectivity index (χ0) is 11.5. The molecule has 0 saturated heterocycles. The normalized spacial score (nSPS) is 17.4. The number of rotatable bonds is 2. The topological polar surface area (TPSA) is 36.2 Å². The van der Waals surface area contributed by atoms with E-state index in [0.717, 1.165) is 28.8 Å². The number of ether oxygens (including phenoxy) is 1. The van der Waals surface area contributed by atoms with Crippen LogP contribution in [0.2, 0.25) is 0 Å². The highest BCUT2D eigenvalue weighted by molar-refractivity contribution is 5.20. The van der Waals surface area contributed by atoms with Crippen LogP contribution in [0.5, 0.6) is 5.88 Å². The van der Waals surface area contributed by atoms with Gasteiger partial charge in [-0.15, -0.1) is 4.73 Å². The van der Waals surface area contributed by atoms with Gasteiger partial charge in [-0.3, -0.25) is 0 Å². The molecule has 3 nitrogen and oxygen atoms in total. The van der Waals surface area contributed by atoms with E-state index in [0.29, 0.717) is 11.8 Å². The molecule has 0 atom stereocenters. The van der Waals surface area contributed by atoms with Gasteiger partial charge >= 0.3 is 5.88 Å². The molecule has 0 aliphatic heterocycles. The molecule has 0 amide bonds. The molecular weight excluding hydrogens is 202 g/mol. The molecule has 1 fully saturated rings. The third-order valence-corrected chi connectivity index (χ3v) is 3.39. The Bertz CT molecular complexity index is 370. The summed E-state index contributed by atoms with van der Waals surface area (Å²) in [6.45, 7) is 2.01. The third kappa shape index (κ3) is 2.13. The number of aryl methyl sites for hydroxylation is 1. The van der Waals surface area contributed by atoms with E-state index >= 15 is 0 Å². The van der Waals surface area contributed by atoms with Crippen molar-refractivity contribution in [2.75, 3.05) is 7.11 Å². The molecule has 1 aliphatic carbocycles. The summed E-state index contributed by atoms with van der Waals surface area (Å²) in [6, 6.07) is 3.80. The highest BCUT2D eigenvalue weighted by Gasteiger charge is 2.24. The predicted octanol–water partition coefficient (Wildman–Crippen LogP) is 2.68. The number of methoxy groups -OCH3 is 1. The molecule has 0 spiro atoms. The maximum absolute atomic E-state index is 12.0. The molecule has 2 rings (SSSR count). The van der Waals surface area contributed by atoms with Crippen molar-refractivity contribution < 1.29 is 9.47 Å². The van der Waals surface area contributed by atoms with Gasteiger partial charge in [0.2, 0.25) is 0 Å². The summed E-state index contributed by atoms with van der Waals surface area (Å²) in [6.07, 6.45) is 6.05. The lowest BCUT2D eigenvalue weighted by molar-refractivity contribution is -0.622. The molecule has 1 heterocycles. The maximum Gasteiger partial charge on any atom is 0.379 e. The van der Waals surface area contributed by atoms with Crippen LogP contribution < -0.4 is 9.47 Å². The fraction of sp³-hybridized carbons (Fsp3) is 0.615. The van der Waals surface area contributed by atoms with Crippen molar-refractivity contribution in [3.8, 4) is 5.88 Å². The molecule has 16 heavy (non-hydrogen) atoms. The van der Waals surface area contributed by atoms with Gasteiger partial charge in [0.1, 0.15) is 0 Å². The first-order chi connectivity index (χ1) is 7.72. The first-order valence-electron chi connectivity index (χ1n) is 6.00. The average Bonchev–Trinajstić information content (AvgIpc) is 2.33. The van der Waals surface area contributed by atoms with Crippen molar-refractivity contribution in [3.05, 3.63) is 28.6 Å². The van der Waals surface area contributed by atoms with Gasteiger partial charge in [0.15, 0.2) is 5.69 Å². The van der Waals surface area contributed by atoms with Crippen molar-refractivity contribution >= 4 is 0 Å². The molecule has 1 saturated carbocycles. The van der Waals surface area contributed by atoms with E-state index in [1.165, 1.54) is 19.3 Å². The van der Waals surface area contributed by atoms with Gasteiger partial charge in [0, 0.05) is 12.0 Å². The van der Waals surface area contributed by atoms with Crippen LogP contribution in [-0.2, 0) is 0 Å². The SMILES string of the molecule is COc1cc(C)cc(C2CCCCC2)[n+]1[O-]. The van der Waals surface area contributed by atoms with Crippen molar-refractivity contribution in [1.82, 2.24) is 0 Å². The summed E-state index contributed by atoms with van der Waals surface area (Å²) in [5.74, 6) is 0.834. The average molecular weight is 221 g/mol. The van der Waals surface area contributed by atoms with Gasteiger partial charge in [-0.25, -0.2) is 0 Å². The van der Waals surface area contributed by atoms with Gasteiger partial charge in [-0.05, 0) is 25.3 Å². The lowest BCUT2D eigenvalue weighted by atomic mass is 9.86. The summed E-state index contributed by atoms with van der Waals surface area (Å²) in [4.78, 5) is 0. The molecule has 1 aromatic rings. The fourth-order valence-corrected chi connectivity index (χ4v) is 2.54. The highest BCUT2D eigenvalue weighted by atomic mass is 16.5. The largest absolute Gasteiger partial charge is 0.616 e. The van der Waals surface area contributed by atoms with Gasteiger partial charge in [-0.2, -0.15) is 0 Å². The smallest absolute Gasteiger partial charge is 0.379 e. The van der Waals surface area contributed by atoms with Gasteiger partial charge in [0.05, 0.1) is 13.2 Å². The Morgan fingerprint density at radius 1 is 1.25 bits per heavy atom. The molecule has 0 radical (unpaired) electrons. The van der Waals surface area contributed by atoms with Crippen LogP contribution in [0.15, 0.2) is 12.1 Å². The minimum atomic E-state index is 0.417. The minimum Gasteiger partial charge on any atom is -0.616 e. The van der Waals surface area contributed by atoms with Crippen molar-refractivity contribution in [1.29, 1.82) is 0 Å². The van der Waals surface area contributed by atoms with Crippen molar-refractivity contribution in [3.63, 3.8) is 0 Å². The van der Waals surface area contributed by atoms with Crippen LogP contribution >= 0.6 is 0 Å². The zero-order valence-electron chi connectivity index (χ0n) is 10.0. The Morgan fingerprint density at radius 3 is 2.56 bits per heavy atom. The van der Waals surface area contributed by atoms with Crippen LogP contribution in [0.4, 0.5) is 0 Å². The fourth-order valence-electron chi connectivity index (χ4n) is 2.54. The number of hydrogen-bond acceptors (Lipinski definition) is 2. The summed E-state index contributed by atoms with van der Waals surface area (Å²) in [7, 11) is 1.55. The van der Waals surface area contributed by atoms with Crippen LogP contribution in [0, 0.1) is 12.1 Å². The van der Waals surface area contributed by atoms with Crippen molar-refractivity contribution in [2.45, 2.75) is 44.9 Å². The molecule has 88 valence electrons. The van der Waals surface area contributed by atoms with E-state index in [1.54, 1.807) is 13.2 Å². The molecule has 0 aromatic carbocycles. The van der Waals surface area contributed by atoms with Gasteiger partial charge < -0.3 is 9.94 Å². The second kappa shape index (κ2) is 4.73. The molecule has 1 aliphatic rings. The summed E-state index contributed by atoms with van der Waals surface area (Å²) >= 11 is 0. The van der Waals surface area contributed by atoms with Gasteiger partial charge in [-0.1, -0.05) is 19.3 Å². The Balaban J connectivity index is 2.34. The Hall–Kier alpha value is -1.25. The molecule has 0 bridgehead atoms. The molecule has 3 heteroatoms. The van der Waals surface area contributed by atoms with E-state index < -0.39 is 0 Å². The Morgan fingerprint density at radius 2 is 1.94 bits per heavy atom. The van der Waals surface area contributed by atoms with Crippen molar-refractivity contribution in [2.24, 2.45) is 0 Å². The first kappa shape index (κ1) is 11.2. The first-order valence-corrected chi connectivity index (χ1v) is 6.00. The lowest BCUT2D eigenvalue weighted by Crippen LogP contribution is -2.36. The van der Waals surface area contributed by atoms with E-state index in [1.807, 2.05) is 13.0 Å². The molecule has 0 unspecified atom stereocenters. The van der Waals surface area contributed by atoms with E-state index in [4.69, 9.17) is 4.74 Å². The number of nitrogens with zero attached hydrogens (tertiary/aromatic N) is 1. The molecular formula is C13H19NO2. The van der Waals surface area contributed by atoms with E-state index in [-0.39, 0.29) is 0 Å². The second-order valence-electron chi connectivity index (χ2n) is 4.63. The number of aromatic nitrogens is 1. The maximum atomic E-state index is 12.0. The van der Waals surface area contributed by atoms with Crippen LogP contribution in [-0.4, -0.2) is 7.11 Å². The zero-order valence-corrected chi connectivity index (χ0v) is 10.0. The summed E-state index contributed by atoms with van der Waals surface area (Å²) in [5.41, 5.74) is 1.99. The standard InChI is InChI=1S/C13H19NO2/c1-10-8-12(11-6-4-3-5-7-11)14(15)13(9-10)16-2/h8-9,11H,3-7H2,1-2H3. The van der Waals surface area contributed by atoms with E-state index in [9.17, 15) is 5.21 Å². The lowest BCUT2D eigenvalue weighted by Gasteiger charge is -2.21. The minimum absolute atomic E-state index is 0.417. The van der Waals surface area contributed by atoms with Crippen LogP contribution in [0.25, 0.3) is 0 Å². The van der Waals surface area contributed by atoms with E-state index in [2.05, 4.69) is 0 Å². The number of pyridine rings is 1. The predicted molar refractivity (Wildman–Crippen MR) is 62.5 cm³/mol. The third-order valence-electron chi connectivity index (χ3n) is 3.39. The second-order valence-corrected chi connectivity index (χ2v) is 4.63. The van der Waals surface area contributed by atoms with Gasteiger partial charge in [0.25, 0.3) is 0 Å². The highest BCUT2D eigenvalue weighted by Crippen LogP contribution is 2.31. The van der Waals surface area contributed by atoms with Crippen LogP contribution in [0.3, 0.4) is 0 Å². The van der Waals surface area contributed by atoms with Crippen LogP contribution in [0.1, 0.15) is 49.3 Å². The Labute approximate surface area is 96.6 Å². The quantitative estimate of drug-likeness (QED) is 0.568. The number of hydrogen-bond donors (Lipinski definition) is 0.